The third-order valence-corrected chi connectivity index (χ3v) is 6.76. The van der Waals surface area contributed by atoms with Crippen molar-refractivity contribution in [3.8, 4) is 10.7 Å². The number of fused-ring (bicyclic) bond motifs is 4. The summed E-state index contributed by atoms with van der Waals surface area (Å²) in [6.07, 6.45) is -3.18. The number of carbonyl (C=O) groups is 1. The van der Waals surface area contributed by atoms with E-state index in [1.807, 2.05) is 22.1 Å². The Morgan fingerprint density at radius 2 is 2.00 bits per heavy atom. The predicted molar refractivity (Wildman–Crippen MR) is 102 cm³/mol. The lowest BCUT2D eigenvalue weighted by Crippen LogP contribution is -2.44. The monoisotopic (exact) mass is 438 g/mol. The molecule has 0 aliphatic carbocycles. The van der Waals surface area contributed by atoms with Crippen molar-refractivity contribution in [3.63, 3.8) is 0 Å². The van der Waals surface area contributed by atoms with Crippen LogP contribution in [0.3, 0.4) is 0 Å². The molecule has 3 aromatic rings. The summed E-state index contributed by atoms with van der Waals surface area (Å²) >= 11 is 7.55. The Labute approximate surface area is 172 Å². The molecule has 2 aliphatic rings. The maximum Gasteiger partial charge on any atom is 0.417 e. The van der Waals surface area contributed by atoms with Crippen LogP contribution in [0.25, 0.3) is 10.7 Å². The topological polar surface area (TPSA) is 51.0 Å². The molecule has 1 saturated heterocycles. The lowest BCUT2D eigenvalue weighted by Gasteiger charge is -2.35. The first-order valence-electron chi connectivity index (χ1n) is 9.01. The van der Waals surface area contributed by atoms with Crippen molar-refractivity contribution in [2.45, 2.75) is 37.6 Å². The van der Waals surface area contributed by atoms with Gasteiger partial charge >= 0.3 is 6.18 Å². The van der Waals surface area contributed by atoms with E-state index in [1.165, 1.54) is 12.1 Å². The SMILES string of the molecule is O=C(c1cccc(C(F)(F)F)c1Cl)N1[C@@H]2CC[C@@H]1c1nnc(-c3cccs3)n1C2. The molecule has 1 amide bonds. The van der Waals surface area contributed by atoms with Crippen LogP contribution in [-0.4, -0.2) is 31.6 Å². The number of benzene rings is 1. The van der Waals surface area contributed by atoms with Gasteiger partial charge in [0.15, 0.2) is 11.6 Å². The smallest absolute Gasteiger partial charge is 0.324 e. The highest BCUT2D eigenvalue weighted by Crippen LogP contribution is 2.44. The number of amides is 1. The van der Waals surface area contributed by atoms with Crippen LogP contribution >= 0.6 is 22.9 Å². The molecule has 1 aromatic carbocycles. The minimum atomic E-state index is -4.62. The zero-order valence-corrected chi connectivity index (χ0v) is 16.4. The van der Waals surface area contributed by atoms with E-state index in [4.69, 9.17) is 11.6 Å². The van der Waals surface area contributed by atoms with Crippen molar-refractivity contribution >= 4 is 28.8 Å². The van der Waals surface area contributed by atoms with Gasteiger partial charge < -0.3 is 9.47 Å². The molecule has 5 nitrogen and oxygen atoms in total. The van der Waals surface area contributed by atoms with Gasteiger partial charge in [0, 0.05) is 6.54 Å². The number of alkyl halides is 3. The minimum Gasteiger partial charge on any atom is -0.324 e. The van der Waals surface area contributed by atoms with Crippen LogP contribution in [0.15, 0.2) is 35.7 Å². The number of thiophene rings is 1. The highest BCUT2D eigenvalue weighted by atomic mass is 35.5. The van der Waals surface area contributed by atoms with Crippen molar-refractivity contribution in [3.05, 3.63) is 57.7 Å². The Bertz CT molecular complexity index is 1100. The second kappa shape index (κ2) is 6.56. The molecule has 2 atom stereocenters. The zero-order chi connectivity index (χ0) is 20.3. The molecule has 5 rings (SSSR count). The molecule has 29 heavy (non-hydrogen) atoms. The van der Waals surface area contributed by atoms with Gasteiger partial charge in [0.1, 0.15) is 0 Å². The summed E-state index contributed by atoms with van der Waals surface area (Å²) in [6, 6.07) is 6.87. The molecule has 4 heterocycles. The molecule has 0 unspecified atom stereocenters. The first-order valence-corrected chi connectivity index (χ1v) is 10.3. The molecule has 150 valence electrons. The van der Waals surface area contributed by atoms with E-state index in [1.54, 1.807) is 16.2 Å². The average molecular weight is 439 g/mol. The summed E-state index contributed by atoms with van der Waals surface area (Å²) in [5.74, 6) is 0.926. The van der Waals surface area contributed by atoms with Gasteiger partial charge in [0.05, 0.1) is 33.1 Å². The van der Waals surface area contributed by atoms with Crippen LogP contribution < -0.4 is 0 Å². The minimum absolute atomic E-state index is 0.134. The van der Waals surface area contributed by atoms with E-state index >= 15 is 0 Å². The lowest BCUT2D eigenvalue weighted by atomic mass is 10.1. The summed E-state index contributed by atoms with van der Waals surface area (Å²) in [5.41, 5.74) is -1.14. The normalized spacial score (nSPS) is 20.8. The fraction of sp³-hybridized carbons (Fsp3) is 0.316. The first kappa shape index (κ1) is 18.6. The highest BCUT2D eigenvalue weighted by Gasteiger charge is 2.46. The Morgan fingerprint density at radius 1 is 1.17 bits per heavy atom. The van der Waals surface area contributed by atoms with Gasteiger partial charge in [-0.25, -0.2) is 0 Å². The fourth-order valence-electron chi connectivity index (χ4n) is 4.22. The van der Waals surface area contributed by atoms with Gasteiger partial charge in [-0.15, -0.1) is 21.5 Å². The van der Waals surface area contributed by atoms with Crippen molar-refractivity contribution < 1.29 is 18.0 Å². The van der Waals surface area contributed by atoms with E-state index in [0.717, 1.165) is 23.2 Å². The van der Waals surface area contributed by atoms with Crippen molar-refractivity contribution in [2.75, 3.05) is 0 Å². The van der Waals surface area contributed by atoms with E-state index < -0.39 is 22.7 Å². The maximum atomic E-state index is 13.2. The third-order valence-electron chi connectivity index (χ3n) is 5.48. The largest absolute Gasteiger partial charge is 0.417 e. The van der Waals surface area contributed by atoms with Crippen molar-refractivity contribution in [2.24, 2.45) is 0 Å². The Kier molecular flexibility index (Phi) is 4.22. The summed E-state index contributed by atoms with van der Waals surface area (Å²) in [7, 11) is 0. The predicted octanol–water partition coefficient (Wildman–Crippen LogP) is 5.04. The molecule has 2 aromatic heterocycles. The van der Waals surface area contributed by atoms with Crippen LogP contribution in [0, 0.1) is 0 Å². The molecule has 0 N–H and O–H groups in total. The molecule has 0 spiro atoms. The Balaban J connectivity index is 1.53. The van der Waals surface area contributed by atoms with Crippen LogP contribution in [-0.2, 0) is 12.7 Å². The van der Waals surface area contributed by atoms with Gasteiger partial charge in [0.2, 0.25) is 0 Å². The van der Waals surface area contributed by atoms with Gasteiger partial charge in [-0.3, -0.25) is 4.79 Å². The maximum absolute atomic E-state index is 13.2. The van der Waals surface area contributed by atoms with E-state index in [-0.39, 0.29) is 17.6 Å². The lowest BCUT2D eigenvalue weighted by molar-refractivity contribution is -0.137. The molecule has 0 radical (unpaired) electrons. The molecule has 2 bridgehead atoms. The summed E-state index contributed by atoms with van der Waals surface area (Å²) in [4.78, 5) is 15.8. The number of hydrogen-bond donors (Lipinski definition) is 0. The number of nitrogens with zero attached hydrogens (tertiary/aromatic N) is 4. The zero-order valence-electron chi connectivity index (χ0n) is 14.9. The first-order chi connectivity index (χ1) is 13.9. The standard InChI is InChI=1S/C19H14ClF3N4OS/c20-15-11(3-1-4-12(15)19(21,22)23)18(28)27-10-6-7-13(27)16-24-25-17(26(16)9-10)14-5-2-8-29-14/h1-5,8,10,13H,6-7,9H2/t10-,13-/m1/s1. The molecule has 10 heteroatoms. The van der Waals surface area contributed by atoms with Gasteiger partial charge in [0.25, 0.3) is 5.91 Å². The number of carbonyl (C=O) groups excluding carboxylic acids is 1. The summed E-state index contributed by atoms with van der Waals surface area (Å²) in [6.45, 7) is 0.508. The highest BCUT2D eigenvalue weighted by molar-refractivity contribution is 7.13. The van der Waals surface area contributed by atoms with E-state index in [2.05, 4.69) is 10.2 Å². The fourth-order valence-corrected chi connectivity index (χ4v) is 5.25. The summed E-state index contributed by atoms with van der Waals surface area (Å²) < 4.78 is 41.6. The molecular weight excluding hydrogens is 425 g/mol. The van der Waals surface area contributed by atoms with Crippen molar-refractivity contribution in [1.29, 1.82) is 0 Å². The second-order valence-corrected chi connectivity index (χ2v) is 8.42. The van der Waals surface area contributed by atoms with Crippen LogP contribution in [0.4, 0.5) is 13.2 Å². The van der Waals surface area contributed by atoms with Crippen molar-refractivity contribution in [1.82, 2.24) is 19.7 Å². The van der Waals surface area contributed by atoms with Crippen LogP contribution in [0.5, 0.6) is 0 Å². The molecule has 1 fully saturated rings. The van der Waals surface area contributed by atoms with E-state index in [0.29, 0.717) is 18.8 Å². The Morgan fingerprint density at radius 3 is 2.72 bits per heavy atom. The number of halogens is 4. The number of aromatic nitrogens is 3. The summed E-state index contributed by atoms with van der Waals surface area (Å²) in [5, 5.41) is 10.0. The second-order valence-electron chi connectivity index (χ2n) is 7.09. The average Bonchev–Trinajstić information content (AvgIpc) is 3.39. The van der Waals surface area contributed by atoms with Gasteiger partial charge in [-0.05, 0) is 36.4 Å². The van der Waals surface area contributed by atoms with E-state index in [9.17, 15) is 18.0 Å². The van der Waals surface area contributed by atoms with Crippen LogP contribution in [0.1, 0.15) is 40.6 Å². The number of rotatable bonds is 2. The van der Waals surface area contributed by atoms with Crippen LogP contribution in [0.2, 0.25) is 5.02 Å². The number of hydrogen-bond acceptors (Lipinski definition) is 4. The third kappa shape index (κ3) is 2.86. The quantitative estimate of drug-likeness (QED) is 0.563. The Hall–Kier alpha value is -2.39. The van der Waals surface area contributed by atoms with Gasteiger partial charge in [-0.2, -0.15) is 13.2 Å². The molecule has 2 aliphatic heterocycles. The molecular formula is C19H14ClF3N4OS. The van der Waals surface area contributed by atoms with Gasteiger partial charge in [-0.1, -0.05) is 23.7 Å². The molecule has 0 saturated carbocycles.